The number of furan rings is 1. The van der Waals surface area contributed by atoms with Crippen LogP contribution in [0, 0.1) is 0 Å². The Morgan fingerprint density at radius 3 is 1.58 bits per heavy atom. The van der Waals surface area contributed by atoms with Gasteiger partial charge in [-0.15, -0.1) is 0 Å². The van der Waals surface area contributed by atoms with Crippen LogP contribution in [0.25, 0.3) is 89.3 Å². The Bertz CT molecular complexity index is 2470. The Morgan fingerprint density at radius 1 is 0.400 bits per heavy atom. The van der Waals surface area contributed by atoms with Gasteiger partial charge in [-0.1, -0.05) is 115 Å². The molecule has 45 heavy (non-hydrogen) atoms. The van der Waals surface area contributed by atoms with Crippen molar-refractivity contribution in [2.24, 2.45) is 0 Å². The highest BCUT2D eigenvalue weighted by Gasteiger charge is 2.16. The molecule has 210 valence electrons. The molecule has 0 spiro atoms. The molecule has 6 nitrogen and oxygen atoms in total. The Kier molecular flexibility index (Phi) is 5.71. The van der Waals surface area contributed by atoms with Crippen molar-refractivity contribution in [2.45, 2.75) is 0 Å². The molecular weight excluding hydrogens is 554 g/mol. The molecule has 0 aliphatic heterocycles. The fourth-order valence-corrected chi connectivity index (χ4v) is 5.89. The average Bonchev–Trinajstić information content (AvgIpc) is 3.49. The minimum Gasteiger partial charge on any atom is -0.436 e. The van der Waals surface area contributed by atoms with Crippen molar-refractivity contribution >= 4 is 44.0 Å². The van der Waals surface area contributed by atoms with E-state index in [-0.39, 0.29) is 0 Å². The van der Waals surface area contributed by atoms with Crippen LogP contribution in [0.1, 0.15) is 0 Å². The molecule has 0 bridgehead atoms. The molecule has 6 aromatic carbocycles. The molecule has 0 aliphatic carbocycles. The minimum absolute atomic E-state index is 0.556. The fraction of sp³-hybridized carbons (Fsp3) is 0. The summed E-state index contributed by atoms with van der Waals surface area (Å²) in [7, 11) is 0. The van der Waals surface area contributed by atoms with E-state index in [1.807, 2.05) is 91.0 Å². The Hall–Kier alpha value is -6.27. The van der Waals surface area contributed by atoms with Gasteiger partial charge in [0.2, 0.25) is 5.71 Å². The average molecular weight is 578 g/mol. The zero-order chi connectivity index (χ0) is 29.7. The molecule has 0 fully saturated rings. The normalized spacial score (nSPS) is 11.6. The molecule has 0 N–H and O–H groups in total. The van der Waals surface area contributed by atoms with E-state index in [1.165, 1.54) is 0 Å². The maximum Gasteiger partial charge on any atom is 0.246 e. The van der Waals surface area contributed by atoms with Crippen LogP contribution >= 0.6 is 0 Å². The summed E-state index contributed by atoms with van der Waals surface area (Å²) < 4.78 is 6.12. The number of hydrogen-bond acceptors (Lipinski definition) is 6. The molecule has 3 heterocycles. The van der Waals surface area contributed by atoms with E-state index in [0.717, 1.165) is 66.1 Å². The van der Waals surface area contributed by atoms with Crippen LogP contribution < -0.4 is 0 Å². The van der Waals surface area contributed by atoms with Gasteiger partial charge in [-0.05, 0) is 46.2 Å². The summed E-state index contributed by atoms with van der Waals surface area (Å²) in [6.45, 7) is 0. The lowest BCUT2D eigenvalue weighted by atomic mass is 9.98. The van der Waals surface area contributed by atoms with Crippen LogP contribution in [-0.2, 0) is 0 Å². The van der Waals surface area contributed by atoms with Crippen molar-refractivity contribution in [2.75, 3.05) is 0 Å². The summed E-state index contributed by atoms with van der Waals surface area (Å²) in [6, 6.07) is 46.9. The maximum atomic E-state index is 6.12. The van der Waals surface area contributed by atoms with Gasteiger partial charge in [0.05, 0.1) is 16.4 Å². The highest BCUT2D eigenvalue weighted by Crippen LogP contribution is 2.36. The molecule has 0 amide bonds. The van der Waals surface area contributed by atoms with Gasteiger partial charge in [-0.2, -0.15) is 0 Å². The number of nitrogens with zero attached hydrogens (tertiary/aromatic N) is 5. The molecule has 3 aromatic heterocycles. The third kappa shape index (κ3) is 4.39. The van der Waals surface area contributed by atoms with E-state index in [0.29, 0.717) is 23.2 Å². The molecule has 0 unspecified atom stereocenters. The number of aromatic nitrogens is 5. The van der Waals surface area contributed by atoms with Crippen LogP contribution in [0.15, 0.2) is 144 Å². The minimum atomic E-state index is 0.556. The van der Waals surface area contributed by atoms with E-state index in [9.17, 15) is 0 Å². The third-order valence-corrected chi connectivity index (χ3v) is 8.14. The summed E-state index contributed by atoms with van der Waals surface area (Å²) in [5.41, 5.74) is 8.84. The zero-order valence-corrected chi connectivity index (χ0v) is 23.9. The second-order valence-corrected chi connectivity index (χ2v) is 11.0. The Labute approximate surface area is 257 Å². The predicted octanol–water partition coefficient (Wildman–Crippen LogP) is 9.54. The number of para-hydroxylation sites is 2. The number of benzene rings is 6. The van der Waals surface area contributed by atoms with Crippen molar-refractivity contribution < 1.29 is 4.42 Å². The quantitative estimate of drug-likeness (QED) is 0.207. The molecule has 9 rings (SSSR count). The smallest absolute Gasteiger partial charge is 0.246 e. The summed E-state index contributed by atoms with van der Waals surface area (Å²) >= 11 is 0. The SMILES string of the molecule is c1ccc(-c2nc(-c3ccccc3)nc(-c3ccc(-c4ccc5c(ccc6oc7nc8ccccc8nc7c65)c4)cc3)n2)cc1. The molecule has 0 atom stereocenters. The Morgan fingerprint density at radius 2 is 0.933 bits per heavy atom. The van der Waals surface area contributed by atoms with Gasteiger partial charge in [-0.25, -0.2) is 24.9 Å². The summed E-state index contributed by atoms with van der Waals surface area (Å²) in [6.07, 6.45) is 0. The summed E-state index contributed by atoms with van der Waals surface area (Å²) in [4.78, 5) is 24.2. The first-order valence-corrected chi connectivity index (χ1v) is 14.8. The van der Waals surface area contributed by atoms with E-state index in [4.69, 9.17) is 29.3 Å². The maximum absolute atomic E-state index is 6.12. The van der Waals surface area contributed by atoms with Gasteiger partial charge >= 0.3 is 0 Å². The first-order chi connectivity index (χ1) is 22.3. The second-order valence-electron chi connectivity index (χ2n) is 11.0. The number of rotatable bonds is 4. The Balaban J connectivity index is 1.11. The zero-order valence-electron chi connectivity index (χ0n) is 23.9. The third-order valence-electron chi connectivity index (χ3n) is 8.14. The lowest BCUT2D eigenvalue weighted by Crippen LogP contribution is -2.00. The molecule has 0 saturated heterocycles. The second kappa shape index (κ2) is 10.2. The monoisotopic (exact) mass is 577 g/mol. The first-order valence-electron chi connectivity index (χ1n) is 14.8. The van der Waals surface area contributed by atoms with Gasteiger partial charge in [0.1, 0.15) is 11.1 Å². The molecule has 0 saturated carbocycles. The van der Waals surface area contributed by atoms with Crippen molar-refractivity contribution in [3.8, 4) is 45.3 Å². The van der Waals surface area contributed by atoms with E-state index in [1.54, 1.807) is 0 Å². The van der Waals surface area contributed by atoms with E-state index >= 15 is 0 Å². The topological polar surface area (TPSA) is 77.6 Å². The van der Waals surface area contributed by atoms with Gasteiger partial charge in [0, 0.05) is 16.7 Å². The highest BCUT2D eigenvalue weighted by atomic mass is 16.3. The lowest BCUT2D eigenvalue weighted by Gasteiger charge is -2.09. The predicted molar refractivity (Wildman–Crippen MR) is 179 cm³/mol. The fourth-order valence-electron chi connectivity index (χ4n) is 5.89. The number of fused-ring (bicyclic) bond motifs is 6. The van der Waals surface area contributed by atoms with Crippen LogP contribution in [0.4, 0.5) is 0 Å². The standard InChI is InChI=1S/C39H23N5O/c1-3-9-25(10-4-1)36-42-37(26-11-5-2-6-12-26)44-38(43-36)27-17-15-24(16-18-27)28-19-21-30-29(23-28)20-22-33-34(30)35-39(45-33)41-32-14-8-7-13-31(32)40-35/h1-23H. The van der Waals surface area contributed by atoms with Crippen LogP contribution in [0.2, 0.25) is 0 Å². The lowest BCUT2D eigenvalue weighted by molar-refractivity contribution is 0.655. The summed E-state index contributed by atoms with van der Waals surface area (Å²) in [5, 5.41) is 3.18. The van der Waals surface area contributed by atoms with Gasteiger partial charge in [0.15, 0.2) is 17.5 Å². The van der Waals surface area contributed by atoms with Crippen LogP contribution in [0.5, 0.6) is 0 Å². The molecule has 0 aliphatic rings. The van der Waals surface area contributed by atoms with Crippen LogP contribution in [-0.4, -0.2) is 24.9 Å². The largest absolute Gasteiger partial charge is 0.436 e. The van der Waals surface area contributed by atoms with Crippen molar-refractivity contribution in [1.82, 2.24) is 24.9 Å². The van der Waals surface area contributed by atoms with E-state index < -0.39 is 0 Å². The molecule has 9 aromatic rings. The van der Waals surface area contributed by atoms with Crippen molar-refractivity contribution in [3.63, 3.8) is 0 Å². The molecular formula is C39H23N5O. The van der Waals surface area contributed by atoms with Crippen LogP contribution in [0.3, 0.4) is 0 Å². The molecule has 6 heteroatoms. The van der Waals surface area contributed by atoms with Crippen molar-refractivity contribution in [1.29, 1.82) is 0 Å². The molecule has 0 radical (unpaired) electrons. The first kappa shape index (κ1) is 25.2. The van der Waals surface area contributed by atoms with Gasteiger partial charge in [-0.3, -0.25) is 0 Å². The van der Waals surface area contributed by atoms with Crippen molar-refractivity contribution in [3.05, 3.63) is 140 Å². The van der Waals surface area contributed by atoms with E-state index in [2.05, 4.69) is 48.5 Å². The van der Waals surface area contributed by atoms with Gasteiger partial charge in [0.25, 0.3) is 0 Å². The summed E-state index contributed by atoms with van der Waals surface area (Å²) in [5.74, 6) is 1.93. The number of hydrogen-bond donors (Lipinski definition) is 0. The highest BCUT2D eigenvalue weighted by molar-refractivity contribution is 6.18. The van der Waals surface area contributed by atoms with Gasteiger partial charge < -0.3 is 4.42 Å².